The molecule has 0 atom stereocenters. The average molecular weight is 459 g/mol. The minimum absolute atomic E-state index is 0.0133. The van der Waals surface area contributed by atoms with Gasteiger partial charge in [-0.2, -0.15) is 5.10 Å². The number of primary amides is 1. The molecule has 0 unspecified atom stereocenters. The van der Waals surface area contributed by atoms with Crippen LogP contribution < -0.4 is 16.2 Å². The molecule has 0 saturated heterocycles. The molecule has 1 amide bonds. The number of hydrogen-bond donors (Lipinski definition) is 3. The summed E-state index contributed by atoms with van der Waals surface area (Å²) in [5, 5.41) is 16.3. The van der Waals surface area contributed by atoms with Gasteiger partial charge >= 0.3 is 0 Å². The lowest BCUT2D eigenvalue weighted by Gasteiger charge is -2.35. The van der Waals surface area contributed by atoms with Gasteiger partial charge in [-0.3, -0.25) is 4.79 Å². The van der Waals surface area contributed by atoms with Crippen molar-refractivity contribution in [1.29, 1.82) is 0 Å². The number of benzene rings is 2. The average Bonchev–Trinajstić information content (AvgIpc) is 3.21. The van der Waals surface area contributed by atoms with Crippen molar-refractivity contribution >= 4 is 22.8 Å². The summed E-state index contributed by atoms with van der Waals surface area (Å²) in [5.74, 6) is 1.34. The Bertz CT molecular complexity index is 1310. The number of hydrogen-bond acceptors (Lipinski definition) is 7. The van der Waals surface area contributed by atoms with Crippen molar-refractivity contribution in [3.8, 4) is 22.8 Å². The number of ether oxygens (including phenoxy) is 1. The molecule has 5 rings (SSSR count). The Morgan fingerprint density at radius 2 is 1.74 bits per heavy atom. The van der Waals surface area contributed by atoms with Crippen molar-refractivity contribution in [2.24, 2.45) is 5.73 Å². The van der Waals surface area contributed by atoms with Gasteiger partial charge in [-0.05, 0) is 62.1 Å². The van der Waals surface area contributed by atoms with Crippen molar-refractivity contribution in [3.63, 3.8) is 0 Å². The number of nitrogens with two attached hydrogens (primary N) is 2. The number of rotatable bonds is 6. The van der Waals surface area contributed by atoms with E-state index in [1.807, 2.05) is 59.3 Å². The Morgan fingerprint density at radius 3 is 2.41 bits per heavy atom. The number of anilines is 1. The lowest BCUT2D eigenvalue weighted by atomic mass is 9.80. The van der Waals surface area contributed by atoms with Crippen LogP contribution in [-0.4, -0.2) is 36.4 Å². The second-order valence-electron chi connectivity index (χ2n) is 8.79. The van der Waals surface area contributed by atoms with Gasteiger partial charge in [0.1, 0.15) is 29.3 Å². The van der Waals surface area contributed by atoms with Gasteiger partial charge in [-0.1, -0.05) is 18.2 Å². The molecule has 2 aromatic carbocycles. The number of carbonyl (C=O) groups excluding carboxylic acids is 1. The summed E-state index contributed by atoms with van der Waals surface area (Å²) in [6.45, 7) is 0. The third-order valence-corrected chi connectivity index (χ3v) is 6.36. The molecule has 9 heteroatoms. The number of carbonyl (C=O) groups is 1. The first-order chi connectivity index (χ1) is 16.4. The number of para-hydroxylation sites is 1. The highest BCUT2D eigenvalue weighted by Crippen LogP contribution is 2.40. The Hall–Kier alpha value is -3.98. The van der Waals surface area contributed by atoms with Gasteiger partial charge < -0.3 is 21.3 Å². The fourth-order valence-corrected chi connectivity index (χ4v) is 4.64. The Kier molecular flexibility index (Phi) is 5.62. The SMILES string of the molecule is NC(=O)C[C@]1(O)CC[C@H](n2nc(-c3ccc(Oc4ccccc4)cc3)c3c(N)ncnc32)CC1. The molecule has 2 heterocycles. The first-order valence-corrected chi connectivity index (χ1v) is 11.2. The van der Waals surface area contributed by atoms with Crippen molar-refractivity contribution in [2.75, 3.05) is 5.73 Å². The summed E-state index contributed by atoms with van der Waals surface area (Å²) in [7, 11) is 0. The van der Waals surface area contributed by atoms with Gasteiger partial charge in [0.05, 0.1) is 23.4 Å². The zero-order valence-corrected chi connectivity index (χ0v) is 18.6. The molecule has 1 aliphatic carbocycles. The monoisotopic (exact) mass is 458 g/mol. The van der Waals surface area contributed by atoms with E-state index in [1.165, 1.54) is 6.33 Å². The largest absolute Gasteiger partial charge is 0.457 e. The van der Waals surface area contributed by atoms with Crippen LogP contribution in [0.25, 0.3) is 22.3 Å². The van der Waals surface area contributed by atoms with Crippen LogP contribution in [0.1, 0.15) is 38.1 Å². The maximum absolute atomic E-state index is 11.3. The Morgan fingerprint density at radius 1 is 1.06 bits per heavy atom. The number of nitrogens with zero attached hydrogens (tertiary/aromatic N) is 4. The lowest BCUT2D eigenvalue weighted by molar-refractivity contribution is -0.124. The molecular weight excluding hydrogens is 432 g/mol. The van der Waals surface area contributed by atoms with E-state index in [0.29, 0.717) is 54.0 Å². The zero-order chi connectivity index (χ0) is 23.7. The Labute approximate surface area is 196 Å². The highest BCUT2D eigenvalue weighted by atomic mass is 16.5. The summed E-state index contributed by atoms with van der Waals surface area (Å²) in [6.07, 6.45) is 3.62. The molecule has 0 bridgehead atoms. The molecule has 0 aliphatic heterocycles. The van der Waals surface area contributed by atoms with Crippen LogP contribution >= 0.6 is 0 Å². The highest BCUT2D eigenvalue weighted by molar-refractivity contribution is 5.98. The standard InChI is InChI=1S/C25H26N6O3/c26-20(32)14-25(33)12-10-17(11-13-25)31-24-21(23(27)28-15-29-24)22(30-31)16-6-8-19(9-7-16)34-18-4-2-1-3-5-18/h1-9,15,17,33H,10-14H2,(H2,26,32)(H2,27,28,29)/t17-,25-. The molecule has 1 fully saturated rings. The van der Waals surface area contributed by atoms with Crippen LogP contribution in [0.5, 0.6) is 11.5 Å². The first kappa shape index (κ1) is 21.8. The molecule has 5 N–H and O–H groups in total. The van der Waals surface area contributed by atoms with E-state index in [-0.39, 0.29) is 12.5 Å². The highest BCUT2D eigenvalue weighted by Gasteiger charge is 2.36. The molecule has 1 aliphatic rings. The van der Waals surface area contributed by atoms with E-state index in [0.717, 1.165) is 11.3 Å². The molecule has 2 aromatic heterocycles. The molecule has 174 valence electrons. The molecule has 1 saturated carbocycles. The predicted octanol–water partition coefficient (Wildman–Crippen LogP) is 3.59. The summed E-state index contributed by atoms with van der Waals surface area (Å²) in [6, 6.07) is 17.2. The minimum atomic E-state index is -1.06. The maximum Gasteiger partial charge on any atom is 0.220 e. The smallest absolute Gasteiger partial charge is 0.220 e. The maximum atomic E-state index is 11.3. The first-order valence-electron chi connectivity index (χ1n) is 11.2. The summed E-state index contributed by atoms with van der Waals surface area (Å²) < 4.78 is 7.77. The fraction of sp³-hybridized carbons (Fsp3) is 0.280. The van der Waals surface area contributed by atoms with Crippen molar-refractivity contribution in [3.05, 3.63) is 60.9 Å². The summed E-state index contributed by atoms with van der Waals surface area (Å²) >= 11 is 0. The molecule has 4 aromatic rings. The van der Waals surface area contributed by atoms with Crippen LogP contribution in [0.15, 0.2) is 60.9 Å². The second kappa shape index (κ2) is 8.75. The topological polar surface area (TPSA) is 142 Å². The van der Waals surface area contributed by atoms with Crippen LogP contribution in [0.2, 0.25) is 0 Å². The normalized spacial score (nSPS) is 20.3. The van der Waals surface area contributed by atoms with Gasteiger partial charge in [0, 0.05) is 5.56 Å². The third-order valence-electron chi connectivity index (χ3n) is 6.36. The molecule has 9 nitrogen and oxygen atoms in total. The summed E-state index contributed by atoms with van der Waals surface area (Å²) in [5.41, 5.74) is 12.7. The fourth-order valence-electron chi connectivity index (χ4n) is 4.64. The van der Waals surface area contributed by atoms with Crippen molar-refractivity contribution in [2.45, 2.75) is 43.7 Å². The molecular formula is C25H26N6O3. The van der Waals surface area contributed by atoms with E-state index in [9.17, 15) is 9.90 Å². The van der Waals surface area contributed by atoms with Crippen LogP contribution in [0, 0.1) is 0 Å². The van der Waals surface area contributed by atoms with Crippen LogP contribution in [0.4, 0.5) is 5.82 Å². The van der Waals surface area contributed by atoms with Gasteiger partial charge in [0.2, 0.25) is 5.91 Å². The van der Waals surface area contributed by atoms with Crippen molar-refractivity contribution in [1.82, 2.24) is 19.7 Å². The van der Waals surface area contributed by atoms with Crippen LogP contribution in [-0.2, 0) is 4.79 Å². The van der Waals surface area contributed by atoms with E-state index >= 15 is 0 Å². The number of aliphatic hydroxyl groups is 1. The lowest BCUT2D eigenvalue weighted by Crippen LogP contribution is -2.38. The quantitative estimate of drug-likeness (QED) is 0.401. The summed E-state index contributed by atoms with van der Waals surface area (Å²) in [4.78, 5) is 20.0. The van der Waals surface area contributed by atoms with Gasteiger partial charge in [-0.15, -0.1) is 0 Å². The number of aromatic nitrogens is 4. The third kappa shape index (κ3) is 4.29. The number of fused-ring (bicyclic) bond motifs is 1. The van der Waals surface area contributed by atoms with Gasteiger partial charge in [0.25, 0.3) is 0 Å². The van der Waals surface area contributed by atoms with E-state index in [2.05, 4.69) is 9.97 Å². The van der Waals surface area contributed by atoms with Crippen molar-refractivity contribution < 1.29 is 14.6 Å². The van der Waals surface area contributed by atoms with Gasteiger partial charge in [-0.25, -0.2) is 14.6 Å². The Balaban J connectivity index is 1.45. The van der Waals surface area contributed by atoms with E-state index in [4.69, 9.17) is 21.3 Å². The zero-order valence-electron chi connectivity index (χ0n) is 18.6. The van der Waals surface area contributed by atoms with E-state index in [1.54, 1.807) is 0 Å². The number of amides is 1. The molecule has 0 spiro atoms. The van der Waals surface area contributed by atoms with E-state index < -0.39 is 11.5 Å². The molecule has 34 heavy (non-hydrogen) atoms. The predicted molar refractivity (Wildman–Crippen MR) is 128 cm³/mol. The van der Waals surface area contributed by atoms with Gasteiger partial charge in [0.15, 0.2) is 5.65 Å². The number of nitrogen functional groups attached to an aromatic ring is 1. The minimum Gasteiger partial charge on any atom is -0.457 e. The molecule has 0 radical (unpaired) electrons. The second-order valence-corrected chi connectivity index (χ2v) is 8.79. The van der Waals surface area contributed by atoms with Crippen LogP contribution in [0.3, 0.4) is 0 Å².